The molecule has 0 aliphatic heterocycles. The van der Waals surface area contributed by atoms with Gasteiger partial charge in [-0.15, -0.1) is 0 Å². The molecule has 1 aromatic heterocycles. The molecule has 2 unspecified atom stereocenters. The molecule has 0 aliphatic carbocycles. The molecule has 0 saturated carbocycles. The first-order valence-electron chi connectivity index (χ1n) is 6.64. The molecule has 0 saturated heterocycles. The smallest absolute Gasteiger partial charge is 0.123 e. The van der Waals surface area contributed by atoms with Gasteiger partial charge in [0.2, 0.25) is 0 Å². The van der Waals surface area contributed by atoms with Crippen molar-refractivity contribution in [1.82, 2.24) is 9.78 Å². The zero-order valence-electron chi connectivity index (χ0n) is 11.3. The number of nitrogens with zero attached hydrogens (tertiary/aromatic N) is 2. The van der Waals surface area contributed by atoms with Crippen LogP contribution >= 0.6 is 11.6 Å². The lowest BCUT2D eigenvalue weighted by molar-refractivity contribution is -0.0252. The van der Waals surface area contributed by atoms with E-state index in [1.54, 1.807) is 4.68 Å². The molecular weight excluding hydrogens is 252 g/mol. The summed E-state index contributed by atoms with van der Waals surface area (Å²) in [5, 5.41) is 25.1. The van der Waals surface area contributed by atoms with E-state index in [2.05, 4.69) is 5.10 Å². The number of aryl methyl sites for hydroxylation is 1. The van der Waals surface area contributed by atoms with Crippen LogP contribution in [0.4, 0.5) is 0 Å². The number of aromatic nitrogens is 2. The fraction of sp³-hybridized carbons (Fsp3) is 0.769. The highest BCUT2D eigenvalue weighted by Crippen LogP contribution is 2.30. The van der Waals surface area contributed by atoms with Crippen LogP contribution in [0.1, 0.15) is 51.8 Å². The standard InChI is InChI=1S/C13H23ClN2O2/c1-4-7-16-11(10(14)8-15-16)13(18)12(17)9(5-2)6-3/h8-9,12-13,17-18H,4-7H2,1-3H3. The van der Waals surface area contributed by atoms with Gasteiger partial charge >= 0.3 is 0 Å². The SMILES string of the molecule is CCCn1ncc(Cl)c1C(O)C(O)C(CC)CC. The highest BCUT2D eigenvalue weighted by Gasteiger charge is 2.29. The first-order chi connectivity index (χ1) is 8.56. The lowest BCUT2D eigenvalue weighted by Gasteiger charge is -2.25. The summed E-state index contributed by atoms with van der Waals surface area (Å²) in [4.78, 5) is 0. The van der Waals surface area contributed by atoms with Gasteiger partial charge in [-0.05, 0) is 12.3 Å². The van der Waals surface area contributed by atoms with Crippen molar-refractivity contribution in [2.45, 2.75) is 58.8 Å². The number of aliphatic hydroxyl groups excluding tert-OH is 2. The molecule has 1 rings (SSSR count). The first-order valence-corrected chi connectivity index (χ1v) is 7.01. The molecule has 18 heavy (non-hydrogen) atoms. The van der Waals surface area contributed by atoms with Gasteiger partial charge in [-0.2, -0.15) is 5.10 Å². The normalized spacial score (nSPS) is 15.1. The van der Waals surface area contributed by atoms with E-state index in [1.807, 2.05) is 20.8 Å². The van der Waals surface area contributed by atoms with Crippen molar-refractivity contribution in [3.63, 3.8) is 0 Å². The van der Waals surface area contributed by atoms with Crippen LogP contribution in [0.15, 0.2) is 6.20 Å². The van der Waals surface area contributed by atoms with Gasteiger partial charge in [-0.3, -0.25) is 4.68 Å². The Labute approximate surface area is 114 Å². The van der Waals surface area contributed by atoms with Crippen LogP contribution in [0, 0.1) is 5.92 Å². The molecule has 0 amide bonds. The molecule has 1 heterocycles. The van der Waals surface area contributed by atoms with E-state index in [9.17, 15) is 10.2 Å². The topological polar surface area (TPSA) is 58.3 Å². The maximum atomic E-state index is 10.3. The lowest BCUT2D eigenvalue weighted by Crippen LogP contribution is -2.29. The van der Waals surface area contributed by atoms with E-state index in [0.29, 0.717) is 17.3 Å². The minimum absolute atomic E-state index is 0.0704. The van der Waals surface area contributed by atoms with Crippen molar-refractivity contribution in [1.29, 1.82) is 0 Å². The molecule has 0 bridgehead atoms. The quantitative estimate of drug-likeness (QED) is 0.804. The van der Waals surface area contributed by atoms with Gasteiger partial charge in [-0.1, -0.05) is 45.2 Å². The third kappa shape index (κ3) is 3.25. The second kappa shape index (κ2) is 7.12. The zero-order valence-corrected chi connectivity index (χ0v) is 12.1. The van der Waals surface area contributed by atoms with Crippen LogP contribution in [-0.4, -0.2) is 26.1 Å². The first kappa shape index (κ1) is 15.5. The van der Waals surface area contributed by atoms with E-state index < -0.39 is 12.2 Å². The number of aliphatic hydroxyl groups is 2. The molecule has 0 radical (unpaired) electrons. The van der Waals surface area contributed by atoms with Crippen LogP contribution in [0.3, 0.4) is 0 Å². The molecule has 4 nitrogen and oxygen atoms in total. The summed E-state index contributed by atoms with van der Waals surface area (Å²) in [5.41, 5.74) is 0.526. The van der Waals surface area contributed by atoms with Crippen LogP contribution in [-0.2, 0) is 6.54 Å². The van der Waals surface area contributed by atoms with Gasteiger partial charge in [0.1, 0.15) is 6.10 Å². The van der Waals surface area contributed by atoms with Crippen LogP contribution in [0.5, 0.6) is 0 Å². The van der Waals surface area contributed by atoms with Crippen LogP contribution < -0.4 is 0 Å². The van der Waals surface area contributed by atoms with Gasteiger partial charge in [-0.25, -0.2) is 0 Å². The number of hydrogen-bond donors (Lipinski definition) is 2. The van der Waals surface area contributed by atoms with Crippen molar-refractivity contribution in [3.8, 4) is 0 Å². The van der Waals surface area contributed by atoms with Gasteiger partial charge in [0.05, 0.1) is 23.0 Å². The fourth-order valence-electron chi connectivity index (χ4n) is 2.25. The van der Waals surface area contributed by atoms with Gasteiger partial charge in [0.15, 0.2) is 0 Å². The highest BCUT2D eigenvalue weighted by atomic mass is 35.5. The predicted molar refractivity (Wildman–Crippen MR) is 72.6 cm³/mol. The van der Waals surface area contributed by atoms with E-state index in [1.165, 1.54) is 6.20 Å². The Morgan fingerprint density at radius 2 is 1.89 bits per heavy atom. The average molecular weight is 275 g/mol. The van der Waals surface area contributed by atoms with E-state index in [-0.39, 0.29) is 5.92 Å². The van der Waals surface area contributed by atoms with Crippen molar-refractivity contribution in [2.75, 3.05) is 0 Å². The molecule has 0 aromatic carbocycles. The number of halogens is 1. The summed E-state index contributed by atoms with van der Waals surface area (Å²) in [7, 11) is 0. The van der Waals surface area contributed by atoms with Crippen LogP contribution in [0.25, 0.3) is 0 Å². The summed E-state index contributed by atoms with van der Waals surface area (Å²) in [6, 6.07) is 0. The Morgan fingerprint density at radius 1 is 1.28 bits per heavy atom. The third-order valence-electron chi connectivity index (χ3n) is 3.40. The maximum absolute atomic E-state index is 10.3. The monoisotopic (exact) mass is 274 g/mol. The molecule has 1 aromatic rings. The highest BCUT2D eigenvalue weighted by molar-refractivity contribution is 6.31. The maximum Gasteiger partial charge on any atom is 0.123 e. The Morgan fingerprint density at radius 3 is 2.39 bits per heavy atom. The zero-order chi connectivity index (χ0) is 13.7. The molecule has 2 N–H and O–H groups in total. The second-order valence-electron chi connectivity index (χ2n) is 4.61. The van der Waals surface area contributed by atoms with Crippen molar-refractivity contribution < 1.29 is 10.2 Å². The van der Waals surface area contributed by atoms with Gasteiger partial charge in [0, 0.05) is 6.54 Å². The van der Waals surface area contributed by atoms with E-state index in [4.69, 9.17) is 11.6 Å². The molecular formula is C13H23ClN2O2. The average Bonchev–Trinajstić information content (AvgIpc) is 2.71. The molecule has 0 fully saturated rings. The Hall–Kier alpha value is -0.580. The van der Waals surface area contributed by atoms with E-state index >= 15 is 0 Å². The van der Waals surface area contributed by atoms with Crippen LogP contribution in [0.2, 0.25) is 5.02 Å². The van der Waals surface area contributed by atoms with Crippen molar-refractivity contribution in [3.05, 3.63) is 16.9 Å². The second-order valence-corrected chi connectivity index (χ2v) is 5.02. The van der Waals surface area contributed by atoms with Gasteiger partial charge in [0.25, 0.3) is 0 Å². The minimum Gasteiger partial charge on any atom is -0.390 e. The molecule has 5 heteroatoms. The summed E-state index contributed by atoms with van der Waals surface area (Å²) in [6.45, 7) is 6.74. The Balaban J connectivity index is 2.94. The number of hydrogen-bond acceptors (Lipinski definition) is 3. The molecule has 0 spiro atoms. The summed E-state index contributed by atoms with van der Waals surface area (Å²) < 4.78 is 1.68. The summed E-state index contributed by atoms with van der Waals surface area (Å²) >= 11 is 6.06. The lowest BCUT2D eigenvalue weighted by atomic mass is 9.91. The van der Waals surface area contributed by atoms with Crippen molar-refractivity contribution >= 4 is 11.6 Å². The summed E-state index contributed by atoms with van der Waals surface area (Å²) in [6.07, 6.45) is 2.30. The molecule has 104 valence electrons. The minimum atomic E-state index is -0.976. The predicted octanol–water partition coefficient (Wildman–Crippen LogP) is 2.78. The van der Waals surface area contributed by atoms with Crippen molar-refractivity contribution in [2.24, 2.45) is 5.92 Å². The summed E-state index contributed by atoms with van der Waals surface area (Å²) in [5.74, 6) is 0.0704. The Bertz CT molecular complexity index is 364. The fourth-order valence-corrected chi connectivity index (χ4v) is 2.50. The largest absolute Gasteiger partial charge is 0.390 e. The molecule has 2 atom stereocenters. The Kier molecular flexibility index (Phi) is 6.12. The third-order valence-corrected chi connectivity index (χ3v) is 3.70. The van der Waals surface area contributed by atoms with E-state index in [0.717, 1.165) is 19.3 Å². The number of rotatable bonds is 7. The molecule has 0 aliphatic rings. The van der Waals surface area contributed by atoms with Gasteiger partial charge < -0.3 is 10.2 Å².